The Hall–Kier alpha value is -2.17. The quantitative estimate of drug-likeness (QED) is 0.667. The molecule has 1 aliphatic heterocycles. The number of hydrogen-bond donors (Lipinski definition) is 0. The molecule has 0 spiro atoms. The van der Waals surface area contributed by atoms with E-state index in [0.717, 1.165) is 38.2 Å². The highest BCUT2D eigenvalue weighted by Gasteiger charge is 2.19. The molecule has 1 fully saturated rings. The maximum atomic E-state index is 4.90. The molecule has 1 saturated heterocycles. The van der Waals surface area contributed by atoms with Crippen LogP contribution < -0.4 is 4.90 Å². The first-order valence-corrected chi connectivity index (χ1v) is 10.1. The van der Waals surface area contributed by atoms with E-state index in [1.165, 1.54) is 26.5 Å². The first-order chi connectivity index (χ1) is 12.7. The summed E-state index contributed by atoms with van der Waals surface area (Å²) in [7, 11) is 0. The van der Waals surface area contributed by atoms with E-state index in [1.54, 1.807) is 0 Å². The number of benzene rings is 2. The minimum atomic E-state index is 1.01. The second kappa shape index (κ2) is 7.60. The van der Waals surface area contributed by atoms with E-state index < -0.39 is 0 Å². The average Bonchev–Trinajstić information content (AvgIpc) is 3.07. The third-order valence-electron chi connectivity index (χ3n) is 4.93. The minimum Gasteiger partial charge on any atom is -0.345 e. The van der Waals surface area contributed by atoms with E-state index in [4.69, 9.17) is 4.98 Å². The molecule has 0 unspecified atom stereocenters. The normalized spacial score (nSPS) is 16.0. The van der Waals surface area contributed by atoms with Crippen LogP contribution in [0.15, 0.2) is 48.5 Å². The van der Waals surface area contributed by atoms with Crippen LogP contribution in [-0.4, -0.2) is 42.6 Å². The van der Waals surface area contributed by atoms with Gasteiger partial charge in [0.15, 0.2) is 5.13 Å². The minimum absolute atomic E-state index is 1.01. The van der Waals surface area contributed by atoms with Crippen LogP contribution in [0.3, 0.4) is 0 Å². The van der Waals surface area contributed by atoms with Gasteiger partial charge >= 0.3 is 0 Å². The van der Waals surface area contributed by atoms with Gasteiger partial charge in [-0.15, -0.1) is 0 Å². The molecule has 134 valence electrons. The van der Waals surface area contributed by atoms with Crippen LogP contribution >= 0.6 is 11.3 Å². The Balaban J connectivity index is 1.36. The van der Waals surface area contributed by atoms with E-state index in [-0.39, 0.29) is 0 Å². The number of nitrogens with zero attached hydrogens (tertiary/aromatic N) is 3. The van der Waals surface area contributed by atoms with Crippen molar-refractivity contribution in [1.29, 1.82) is 0 Å². The highest BCUT2D eigenvalue weighted by Crippen LogP contribution is 2.32. The summed E-state index contributed by atoms with van der Waals surface area (Å²) >= 11 is 1.84. The number of anilines is 1. The number of piperazine rings is 1. The van der Waals surface area contributed by atoms with Crippen LogP contribution in [-0.2, 0) is 0 Å². The smallest absolute Gasteiger partial charge is 0.186 e. The van der Waals surface area contributed by atoms with Crippen LogP contribution in [0.1, 0.15) is 16.7 Å². The predicted octanol–water partition coefficient (Wildman–Crippen LogP) is 4.75. The lowest BCUT2D eigenvalue weighted by molar-refractivity contribution is 0.284. The molecule has 0 radical (unpaired) electrons. The third kappa shape index (κ3) is 3.81. The zero-order valence-electron chi connectivity index (χ0n) is 15.5. The first kappa shape index (κ1) is 17.3. The standard InChI is InChI=1S/C22H25N3S/c1-17-15-18(2)21-20(16-17)23-22(26-21)25-13-11-24(12-14-25)10-6-9-19-7-4-3-5-8-19/h3-9,15-16H,10-14H2,1-2H3/b9-6+. The highest BCUT2D eigenvalue weighted by molar-refractivity contribution is 7.22. The molecule has 1 aromatic heterocycles. The van der Waals surface area contributed by atoms with Gasteiger partial charge in [-0.3, -0.25) is 4.90 Å². The van der Waals surface area contributed by atoms with Gasteiger partial charge in [0.25, 0.3) is 0 Å². The Kier molecular flexibility index (Phi) is 5.05. The summed E-state index contributed by atoms with van der Waals surface area (Å²) in [6.45, 7) is 9.64. The van der Waals surface area contributed by atoms with E-state index >= 15 is 0 Å². The van der Waals surface area contributed by atoms with Crippen molar-refractivity contribution < 1.29 is 0 Å². The summed E-state index contributed by atoms with van der Waals surface area (Å²) in [6, 6.07) is 15.0. The molecule has 0 N–H and O–H groups in total. The molecule has 0 bridgehead atoms. The fraction of sp³-hybridized carbons (Fsp3) is 0.318. The summed E-state index contributed by atoms with van der Waals surface area (Å²) < 4.78 is 1.33. The maximum Gasteiger partial charge on any atom is 0.186 e. The van der Waals surface area contributed by atoms with E-state index in [0.29, 0.717) is 0 Å². The zero-order chi connectivity index (χ0) is 17.9. The number of hydrogen-bond acceptors (Lipinski definition) is 4. The fourth-order valence-corrected chi connectivity index (χ4v) is 4.59. The SMILES string of the molecule is Cc1cc(C)c2sc(N3CCN(C/C=C/c4ccccc4)CC3)nc2c1. The zero-order valence-corrected chi connectivity index (χ0v) is 16.3. The Labute approximate surface area is 159 Å². The van der Waals surface area contributed by atoms with Crippen molar-refractivity contribution in [3.05, 3.63) is 65.2 Å². The van der Waals surface area contributed by atoms with E-state index in [2.05, 4.69) is 78.3 Å². The van der Waals surface area contributed by atoms with E-state index in [1.807, 2.05) is 11.3 Å². The van der Waals surface area contributed by atoms with Crippen LogP contribution in [0.4, 0.5) is 5.13 Å². The molecule has 3 nitrogen and oxygen atoms in total. The number of thiazole rings is 1. The topological polar surface area (TPSA) is 19.4 Å². The number of fused-ring (bicyclic) bond motifs is 1. The number of aromatic nitrogens is 1. The molecule has 4 heteroatoms. The number of aryl methyl sites for hydroxylation is 2. The van der Waals surface area contributed by atoms with Crippen molar-refractivity contribution in [3.63, 3.8) is 0 Å². The molecule has 26 heavy (non-hydrogen) atoms. The van der Waals surface area contributed by atoms with Crippen LogP contribution in [0.25, 0.3) is 16.3 Å². The summed E-state index contributed by atoms with van der Waals surface area (Å²) in [5.74, 6) is 0. The molecule has 0 aliphatic carbocycles. The lowest BCUT2D eigenvalue weighted by atomic mass is 10.1. The predicted molar refractivity (Wildman–Crippen MR) is 113 cm³/mol. The van der Waals surface area contributed by atoms with Crippen molar-refractivity contribution in [3.8, 4) is 0 Å². The molecule has 0 amide bonds. The lowest BCUT2D eigenvalue weighted by Gasteiger charge is -2.33. The van der Waals surface area contributed by atoms with Crippen LogP contribution in [0.5, 0.6) is 0 Å². The van der Waals surface area contributed by atoms with Gasteiger partial charge in [0.1, 0.15) is 0 Å². The summed E-state index contributed by atoms with van der Waals surface area (Å²) in [4.78, 5) is 9.85. The van der Waals surface area contributed by atoms with Crippen molar-refractivity contribution in [2.45, 2.75) is 13.8 Å². The first-order valence-electron chi connectivity index (χ1n) is 9.26. The van der Waals surface area contributed by atoms with Gasteiger partial charge in [0.2, 0.25) is 0 Å². The van der Waals surface area contributed by atoms with Gasteiger partial charge < -0.3 is 4.90 Å². The summed E-state index contributed by atoms with van der Waals surface area (Å²) in [5.41, 5.74) is 5.05. The van der Waals surface area contributed by atoms with Crippen molar-refractivity contribution in [2.24, 2.45) is 0 Å². The number of rotatable bonds is 4. The van der Waals surface area contributed by atoms with Crippen molar-refractivity contribution >= 4 is 32.8 Å². The summed E-state index contributed by atoms with van der Waals surface area (Å²) in [5, 5.41) is 1.17. The Morgan fingerprint density at radius 1 is 1.04 bits per heavy atom. The van der Waals surface area contributed by atoms with Crippen molar-refractivity contribution in [1.82, 2.24) is 9.88 Å². The Bertz CT molecular complexity index is 906. The molecule has 2 aromatic carbocycles. The molecule has 2 heterocycles. The van der Waals surface area contributed by atoms with Gasteiger partial charge in [0.05, 0.1) is 10.2 Å². The maximum absolute atomic E-state index is 4.90. The summed E-state index contributed by atoms with van der Waals surface area (Å²) in [6.07, 6.45) is 4.49. The molecule has 4 rings (SSSR count). The van der Waals surface area contributed by atoms with Gasteiger partial charge in [0, 0.05) is 32.7 Å². The lowest BCUT2D eigenvalue weighted by Crippen LogP contribution is -2.46. The molecule has 3 aromatic rings. The van der Waals surface area contributed by atoms with E-state index in [9.17, 15) is 0 Å². The van der Waals surface area contributed by atoms with Crippen LogP contribution in [0, 0.1) is 13.8 Å². The average molecular weight is 364 g/mol. The van der Waals surface area contributed by atoms with Gasteiger partial charge in [-0.05, 0) is 36.6 Å². The van der Waals surface area contributed by atoms with Gasteiger partial charge in [-0.1, -0.05) is 59.9 Å². The molecule has 0 atom stereocenters. The molecular formula is C22H25N3S. The molecule has 1 aliphatic rings. The Morgan fingerprint density at radius 3 is 2.58 bits per heavy atom. The second-order valence-electron chi connectivity index (χ2n) is 7.03. The largest absolute Gasteiger partial charge is 0.345 e. The third-order valence-corrected chi connectivity index (χ3v) is 6.19. The van der Waals surface area contributed by atoms with Gasteiger partial charge in [-0.2, -0.15) is 0 Å². The van der Waals surface area contributed by atoms with Crippen LogP contribution in [0.2, 0.25) is 0 Å². The molecule has 0 saturated carbocycles. The van der Waals surface area contributed by atoms with Crippen molar-refractivity contribution in [2.75, 3.05) is 37.6 Å². The Morgan fingerprint density at radius 2 is 1.81 bits per heavy atom. The fourth-order valence-electron chi connectivity index (χ4n) is 3.52. The molecular weight excluding hydrogens is 338 g/mol. The second-order valence-corrected chi connectivity index (χ2v) is 8.00. The highest BCUT2D eigenvalue weighted by atomic mass is 32.1. The van der Waals surface area contributed by atoms with Gasteiger partial charge in [-0.25, -0.2) is 4.98 Å². The monoisotopic (exact) mass is 363 g/mol.